The lowest BCUT2D eigenvalue weighted by atomic mass is 9.94. The van der Waals surface area contributed by atoms with Crippen molar-refractivity contribution >= 4 is 35.0 Å². The summed E-state index contributed by atoms with van der Waals surface area (Å²) in [6.07, 6.45) is 5.54. The van der Waals surface area contributed by atoms with Gasteiger partial charge in [-0.1, -0.05) is 43.0 Å². The molecule has 29 heavy (non-hydrogen) atoms. The molecule has 1 aromatic rings. The van der Waals surface area contributed by atoms with Gasteiger partial charge in [0.25, 0.3) is 5.91 Å². The standard InChI is InChI=1S/C22H31Cl2N3O2/c1-3-15(2)25-21(28)20(16-6-4-5-7-16)26-10-12-27(13-11-26)22(29)18-9-8-17(23)14-19(18)24/h8-9,14-16,20H,3-7,10-13H2,1-2H3,(H,25,28)/t15-,20+/m0/s1. The van der Waals surface area contributed by atoms with Crippen LogP contribution in [0.25, 0.3) is 0 Å². The summed E-state index contributed by atoms with van der Waals surface area (Å²) in [6, 6.07) is 5.05. The van der Waals surface area contributed by atoms with Crippen LogP contribution in [-0.4, -0.2) is 59.9 Å². The number of nitrogens with zero attached hydrogens (tertiary/aromatic N) is 2. The summed E-state index contributed by atoms with van der Waals surface area (Å²) >= 11 is 12.2. The summed E-state index contributed by atoms with van der Waals surface area (Å²) in [6.45, 7) is 6.73. The summed E-state index contributed by atoms with van der Waals surface area (Å²) in [7, 11) is 0. The SMILES string of the molecule is CC[C@H](C)NC(=O)[C@@H](C1CCCC1)N1CCN(C(=O)c2ccc(Cl)cc2Cl)CC1. The summed E-state index contributed by atoms with van der Waals surface area (Å²) < 4.78 is 0. The molecule has 3 rings (SSSR count). The Kier molecular flexibility index (Phi) is 7.83. The van der Waals surface area contributed by atoms with E-state index in [1.807, 2.05) is 4.90 Å². The van der Waals surface area contributed by atoms with Crippen molar-refractivity contribution in [2.45, 2.75) is 58.0 Å². The van der Waals surface area contributed by atoms with Crippen LogP contribution in [-0.2, 0) is 4.79 Å². The van der Waals surface area contributed by atoms with Gasteiger partial charge >= 0.3 is 0 Å². The number of hydrogen-bond acceptors (Lipinski definition) is 3. The number of halogens is 2. The third kappa shape index (κ3) is 5.44. The molecule has 0 radical (unpaired) electrons. The van der Waals surface area contributed by atoms with Gasteiger partial charge in [0.05, 0.1) is 16.6 Å². The van der Waals surface area contributed by atoms with Crippen LogP contribution < -0.4 is 5.32 Å². The van der Waals surface area contributed by atoms with E-state index in [4.69, 9.17) is 23.2 Å². The second-order valence-corrected chi connectivity index (χ2v) is 9.10. The second-order valence-electron chi connectivity index (χ2n) is 8.26. The average Bonchev–Trinajstić information content (AvgIpc) is 3.22. The van der Waals surface area contributed by atoms with Gasteiger partial charge in [-0.05, 0) is 50.3 Å². The minimum Gasteiger partial charge on any atom is -0.352 e. The lowest BCUT2D eigenvalue weighted by Gasteiger charge is -2.41. The summed E-state index contributed by atoms with van der Waals surface area (Å²) in [5, 5.41) is 4.08. The maximum Gasteiger partial charge on any atom is 0.255 e. The second kappa shape index (κ2) is 10.1. The minimum absolute atomic E-state index is 0.0761. The van der Waals surface area contributed by atoms with Crippen molar-refractivity contribution in [3.8, 4) is 0 Å². The van der Waals surface area contributed by atoms with E-state index in [1.54, 1.807) is 18.2 Å². The van der Waals surface area contributed by atoms with Crippen molar-refractivity contribution in [2.75, 3.05) is 26.2 Å². The molecular formula is C22H31Cl2N3O2. The molecule has 2 fully saturated rings. The average molecular weight is 440 g/mol. The van der Waals surface area contributed by atoms with Crippen LogP contribution in [0.2, 0.25) is 10.0 Å². The third-order valence-electron chi connectivity index (χ3n) is 6.27. The fraction of sp³-hybridized carbons (Fsp3) is 0.636. The molecule has 2 amide bonds. The number of benzene rings is 1. The zero-order valence-corrected chi connectivity index (χ0v) is 18.8. The quantitative estimate of drug-likeness (QED) is 0.721. The van der Waals surface area contributed by atoms with Gasteiger partial charge in [0, 0.05) is 37.2 Å². The van der Waals surface area contributed by atoms with E-state index in [9.17, 15) is 9.59 Å². The Morgan fingerprint density at radius 3 is 2.38 bits per heavy atom. The number of nitrogens with one attached hydrogen (secondary N) is 1. The van der Waals surface area contributed by atoms with Crippen molar-refractivity contribution in [1.29, 1.82) is 0 Å². The van der Waals surface area contributed by atoms with Gasteiger partial charge in [-0.15, -0.1) is 0 Å². The Morgan fingerprint density at radius 1 is 1.14 bits per heavy atom. The molecule has 0 unspecified atom stereocenters. The fourth-order valence-corrected chi connectivity index (χ4v) is 4.91. The van der Waals surface area contributed by atoms with Crippen LogP contribution in [0.4, 0.5) is 0 Å². The van der Waals surface area contributed by atoms with Gasteiger partial charge in [0.2, 0.25) is 5.91 Å². The number of hydrogen-bond donors (Lipinski definition) is 1. The highest BCUT2D eigenvalue weighted by Crippen LogP contribution is 2.31. The molecular weight excluding hydrogens is 409 g/mol. The third-order valence-corrected chi connectivity index (χ3v) is 6.82. The Labute approximate surface area is 183 Å². The van der Waals surface area contributed by atoms with E-state index in [-0.39, 0.29) is 23.9 Å². The molecule has 1 N–H and O–H groups in total. The Bertz CT molecular complexity index is 729. The van der Waals surface area contributed by atoms with Crippen molar-refractivity contribution in [1.82, 2.24) is 15.1 Å². The predicted octanol–water partition coefficient (Wildman–Crippen LogP) is 4.22. The largest absolute Gasteiger partial charge is 0.352 e. The molecule has 160 valence electrons. The molecule has 5 nitrogen and oxygen atoms in total. The molecule has 1 saturated carbocycles. The highest BCUT2D eigenvalue weighted by atomic mass is 35.5. The molecule has 0 aromatic heterocycles. The highest BCUT2D eigenvalue weighted by molar-refractivity contribution is 6.36. The van der Waals surface area contributed by atoms with Crippen LogP contribution in [0.15, 0.2) is 18.2 Å². The number of rotatable bonds is 6. The first kappa shape index (κ1) is 22.4. The first-order chi connectivity index (χ1) is 13.9. The van der Waals surface area contributed by atoms with Gasteiger partial charge < -0.3 is 10.2 Å². The summed E-state index contributed by atoms with van der Waals surface area (Å²) in [5.41, 5.74) is 0.478. The van der Waals surface area contributed by atoms with Crippen LogP contribution >= 0.6 is 23.2 Å². The molecule has 1 aromatic carbocycles. The maximum atomic E-state index is 13.0. The maximum absolute atomic E-state index is 13.0. The summed E-state index contributed by atoms with van der Waals surface area (Å²) in [5.74, 6) is 0.478. The van der Waals surface area contributed by atoms with Crippen LogP contribution in [0.1, 0.15) is 56.3 Å². The van der Waals surface area contributed by atoms with E-state index in [0.717, 1.165) is 19.3 Å². The van der Waals surface area contributed by atoms with E-state index in [2.05, 4.69) is 24.1 Å². The minimum atomic E-state index is -0.0946. The highest BCUT2D eigenvalue weighted by Gasteiger charge is 2.37. The monoisotopic (exact) mass is 439 g/mol. The Balaban J connectivity index is 1.66. The Hall–Kier alpha value is -1.30. The zero-order valence-electron chi connectivity index (χ0n) is 17.3. The van der Waals surface area contributed by atoms with Crippen LogP contribution in [0.3, 0.4) is 0 Å². The predicted molar refractivity (Wildman–Crippen MR) is 118 cm³/mol. The molecule has 7 heteroatoms. The summed E-state index contributed by atoms with van der Waals surface area (Å²) in [4.78, 5) is 30.0. The normalized spacial score (nSPS) is 20.5. The van der Waals surface area contributed by atoms with Gasteiger partial charge in [-0.3, -0.25) is 14.5 Å². The van der Waals surface area contributed by atoms with E-state index in [1.165, 1.54) is 12.8 Å². The van der Waals surface area contributed by atoms with Crippen molar-refractivity contribution < 1.29 is 9.59 Å². The van der Waals surface area contributed by atoms with Gasteiger partial charge in [0.1, 0.15) is 0 Å². The Morgan fingerprint density at radius 2 is 1.79 bits per heavy atom. The van der Waals surface area contributed by atoms with E-state index >= 15 is 0 Å². The number of amides is 2. The zero-order chi connectivity index (χ0) is 21.0. The van der Waals surface area contributed by atoms with Crippen molar-refractivity contribution in [3.63, 3.8) is 0 Å². The fourth-order valence-electron chi connectivity index (χ4n) is 4.42. The first-order valence-corrected chi connectivity index (χ1v) is 11.4. The molecule has 1 aliphatic carbocycles. The molecule has 2 atom stereocenters. The number of piperazine rings is 1. The molecule has 2 aliphatic rings. The lowest BCUT2D eigenvalue weighted by Crippen LogP contribution is -2.58. The van der Waals surface area contributed by atoms with Crippen LogP contribution in [0, 0.1) is 5.92 Å². The lowest BCUT2D eigenvalue weighted by molar-refractivity contribution is -0.129. The molecule has 0 bridgehead atoms. The smallest absolute Gasteiger partial charge is 0.255 e. The van der Waals surface area contributed by atoms with E-state index in [0.29, 0.717) is 47.7 Å². The molecule has 1 heterocycles. The van der Waals surface area contributed by atoms with Gasteiger partial charge in [-0.2, -0.15) is 0 Å². The van der Waals surface area contributed by atoms with Crippen LogP contribution in [0.5, 0.6) is 0 Å². The van der Waals surface area contributed by atoms with Gasteiger partial charge in [0.15, 0.2) is 0 Å². The van der Waals surface area contributed by atoms with Crippen molar-refractivity contribution in [2.24, 2.45) is 5.92 Å². The molecule has 0 spiro atoms. The van der Waals surface area contributed by atoms with E-state index < -0.39 is 0 Å². The van der Waals surface area contributed by atoms with Crippen molar-refractivity contribution in [3.05, 3.63) is 33.8 Å². The number of carbonyl (C=O) groups excluding carboxylic acids is 2. The number of carbonyl (C=O) groups is 2. The topological polar surface area (TPSA) is 52.7 Å². The molecule has 1 aliphatic heterocycles. The molecule has 1 saturated heterocycles. The first-order valence-electron chi connectivity index (χ1n) is 10.7. The van der Waals surface area contributed by atoms with Gasteiger partial charge in [-0.25, -0.2) is 0 Å².